The maximum absolute atomic E-state index is 2.65. The molecule has 0 heterocycles. The zero-order chi connectivity index (χ0) is 14.5. The molecule has 0 aromatic heterocycles. The van der Waals surface area contributed by atoms with Gasteiger partial charge in [0.05, 0.1) is 0 Å². The Balaban J connectivity index is 2.47. The van der Waals surface area contributed by atoms with Crippen molar-refractivity contribution >= 4 is 0 Å². The topological polar surface area (TPSA) is 0 Å². The first kappa shape index (κ1) is 15.4. The highest BCUT2D eigenvalue weighted by Crippen LogP contribution is 2.71. The summed E-state index contributed by atoms with van der Waals surface area (Å²) in [5, 5.41) is 0. The van der Waals surface area contributed by atoms with E-state index in [4.69, 9.17) is 0 Å². The Kier molecular flexibility index (Phi) is 3.64. The van der Waals surface area contributed by atoms with Gasteiger partial charge in [-0.2, -0.15) is 0 Å². The van der Waals surface area contributed by atoms with Crippen molar-refractivity contribution in [3.63, 3.8) is 0 Å². The molecule has 2 rings (SSSR count). The zero-order valence-corrected chi connectivity index (χ0v) is 14.5. The number of hydrogen-bond acceptors (Lipinski definition) is 0. The SMILES string of the molecule is CCCC1C(C)(C)CCC2(C)C(C)(C)CCCC12C. The predicted octanol–water partition coefficient (Wildman–Crippen LogP) is 6.45. The molecule has 2 aliphatic carbocycles. The predicted molar refractivity (Wildman–Crippen MR) is 85.3 cm³/mol. The number of fused-ring (bicyclic) bond motifs is 1. The fraction of sp³-hybridized carbons (Fsp3) is 1.00. The maximum Gasteiger partial charge on any atom is -0.0218 e. The van der Waals surface area contributed by atoms with E-state index in [1.807, 2.05) is 0 Å². The van der Waals surface area contributed by atoms with Crippen molar-refractivity contribution in [2.75, 3.05) is 0 Å². The minimum Gasteiger partial charge on any atom is -0.0654 e. The lowest BCUT2D eigenvalue weighted by molar-refractivity contribution is -0.190. The van der Waals surface area contributed by atoms with Gasteiger partial charge in [-0.3, -0.25) is 0 Å². The molecule has 0 radical (unpaired) electrons. The molecule has 0 nitrogen and oxygen atoms in total. The van der Waals surface area contributed by atoms with E-state index in [0.717, 1.165) is 5.92 Å². The van der Waals surface area contributed by atoms with Crippen molar-refractivity contribution in [1.29, 1.82) is 0 Å². The maximum atomic E-state index is 2.65. The summed E-state index contributed by atoms with van der Waals surface area (Å²) >= 11 is 0. The van der Waals surface area contributed by atoms with Crippen LogP contribution >= 0.6 is 0 Å². The lowest BCUT2D eigenvalue weighted by Gasteiger charge is -2.68. The minimum atomic E-state index is 0.516. The number of hydrogen-bond donors (Lipinski definition) is 0. The average Bonchev–Trinajstić information content (AvgIpc) is 2.29. The molecule has 0 aromatic carbocycles. The van der Waals surface area contributed by atoms with E-state index in [0.29, 0.717) is 21.7 Å². The Morgan fingerprint density at radius 2 is 1.47 bits per heavy atom. The lowest BCUT2D eigenvalue weighted by atomic mass is 9.36. The third-order valence-electron chi connectivity index (χ3n) is 7.81. The first-order chi connectivity index (χ1) is 8.61. The van der Waals surface area contributed by atoms with Crippen LogP contribution in [0.3, 0.4) is 0 Å². The van der Waals surface area contributed by atoms with Crippen molar-refractivity contribution in [2.24, 2.45) is 27.6 Å². The van der Waals surface area contributed by atoms with E-state index in [1.54, 1.807) is 0 Å². The van der Waals surface area contributed by atoms with Gasteiger partial charge in [0.15, 0.2) is 0 Å². The molecule has 0 aliphatic heterocycles. The molecule has 0 heteroatoms. The summed E-state index contributed by atoms with van der Waals surface area (Å²) < 4.78 is 0. The van der Waals surface area contributed by atoms with Crippen LogP contribution in [0.25, 0.3) is 0 Å². The van der Waals surface area contributed by atoms with Crippen LogP contribution in [-0.4, -0.2) is 0 Å². The molecule has 0 bridgehead atoms. The molecular formula is C19H36. The van der Waals surface area contributed by atoms with E-state index in [1.165, 1.54) is 44.9 Å². The van der Waals surface area contributed by atoms with Gasteiger partial charge in [-0.25, -0.2) is 0 Å². The first-order valence-corrected chi connectivity index (χ1v) is 8.61. The molecule has 19 heavy (non-hydrogen) atoms. The molecule has 3 unspecified atom stereocenters. The van der Waals surface area contributed by atoms with E-state index in [9.17, 15) is 0 Å². The van der Waals surface area contributed by atoms with Gasteiger partial charge in [-0.1, -0.05) is 61.3 Å². The summed E-state index contributed by atoms with van der Waals surface area (Å²) in [7, 11) is 0. The molecule has 2 saturated carbocycles. The molecule has 2 aliphatic rings. The van der Waals surface area contributed by atoms with E-state index in [2.05, 4.69) is 48.5 Å². The highest BCUT2D eigenvalue weighted by molar-refractivity contribution is 5.12. The second-order valence-corrected chi connectivity index (χ2v) is 9.32. The molecule has 3 atom stereocenters. The van der Waals surface area contributed by atoms with E-state index in [-0.39, 0.29) is 0 Å². The Morgan fingerprint density at radius 1 is 0.842 bits per heavy atom. The number of rotatable bonds is 2. The third kappa shape index (κ3) is 2.00. The zero-order valence-electron chi connectivity index (χ0n) is 14.5. The Hall–Kier alpha value is 0. The Morgan fingerprint density at radius 3 is 2.05 bits per heavy atom. The van der Waals surface area contributed by atoms with Crippen LogP contribution in [0.4, 0.5) is 0 Å². The van der Waals surface area contributed by atoms with Crippen molar-refractivity contribution in [3.8, 4) is 0 Å². The molecule has 0 aromatic rings. The van der Waals surface area contributed by atoms with Gasteiger partial charge in [0.1, 0.15) is 0 Å². The lowest BCUT2D eigenvalue weighted by Crippen LogP contribution is -2.60. The van der Waals surface area contributed by atoms with Crippen LogP contribution in [0.1, 0.15) is 93.4 Å². The fourth-order valence-electron chi connectivity index (χ4n) is 6.01. The molecule has 0 amide bonds. The van der Waals surface area contributed by atoms with Gasteiger partial charge in [0.2, 0.25) is 0 Å². The monoisotopic (exact) mass is 264 g/mol. The van der Waals surface area contributed by atoms with Gasteiger partial charge in [0.25, 0.3) is 0 Å². The van der Waals surface area contributed by atoms with Crippen molar-refractivity contribution in [2.45, 2.75) is 93.4 Å². The smallest absolute Gasteiger partial charge is 0.0218 e. The summed E-state index contributed by atoms with van der Waals surface area (Å²) in [6.45, 7) is 17.8. The van der Waals surface area contributed by atoms with Crippen molar-refractivity contribution in [1.82, 2.24) is 0 Å². The van der Waals surface area contributed by atoms with Gasteiger partial charge in [0, 0.05) is 0 Å². The molecular weight excluding hydrogens is 228 g/mol. The van der Waals surface area contributed by atoms with E-state index < -0.39 is 0 Å². The van der Waals surface area contributed by atoms with Crippen LogP contribution < -0.4 is 0 Å². The summed E-state index contributed by atoms with van der Waals surface area (Å²) in [5.41, 5.74) is 2.14. The van der Waals surface area contributed by atoms with E-state index >= 15 is 0 Å². The summed E-state index contributed by atoms with van der Waals surface area (Å²) in [6.07, 6.45) is 9.96. The summed E-state index contributed by atoms with van der Waals surface area (Å²) in [6, 6.07) is 0. The van der Waals surface area contributed by atoms with Crippen LogP contribution in [0.15, 0.2) is 0 Å². The average molecular weight is 264 g/mol. The van der Waals surface area contributed by atoms with Crippen molar-refractivity contribution < 1.29 is 0 Å². The minimum absolute atomic E-state index is 0.516. The molecule has 0 spiro atoms. The summed E-state index contributed by atoms with van der Waals surface area (Å²) in [5.74, 6) is 0.906. The highest BCUT2D eigenvalue weighted by atomic mass is 14.7. The quantitative estimate of drug-likeness (QED) is 0.538. The van der Waals surface area contributed by atoms with Gasteiger partial charge in [-0.15, -0.1) is 0 Å². The van der Waals surface area contributed by atoms with Gasteiger partial charge in [-0.05, 0) is 59.7 Å². The molecule has 112 valence electrons. The van der Waals surface area contributed by atoms with Crippen LogP contribution in [0.5, 0.6) is 0 Å². The third-order valence-corrected chi connectivity index (χ3v) is 7.81. The Labute approximate surface area is 121 Å². The van der Waals surface area contributed by atoms with Crippen LogP contribution in [0, 0.1) is 27.6 Å². The van der Waals surface area contributed by atoms with Crippen molar-refractivity contribution in [3.05, 3.63) is 0 Å². The summed E-state index contributed by atoms with van der Waals surface area (Å²) in [4.78, 5) is 0. The Bertz CT molecular complexity index is 338. The molecule has 0 saturated heterocycles. The normalized spacial score (nSPS) is 44.7. The van der Waals surface area contributed by atoms with Gasteiger partial charge < -0.3 is 0 Å². The first-order valence-electron chi connectivity index (χ1n) is 8.61. The fourth-order valence-corrected chi connectivity index (χ4v) is 6.01. The van der Waals surface area contributed by atoms with Crippen LogP contribution in [-0.2, 0) is 0 Å². The highest BCUT2D eigenvalue weighted by Gasteiger charge is 2.62. The second kappa shape index (κ2) is 4.50. The second-order valence-electron chi connectivity index (χ2n) is 9.32. The largest absolute Gasteiger partial charge is 0.0654 e. The van der Waals surface area contributed by atoms with Crippen LogP contribution in [0.2, 0.25) is 0 Å². The standard InChI is InChI=1S/C19H36/c1-8-10-15-16(2,3)13-14-19(7)17(4,5)11-9-12-18(15,19)6/h15H,8-14H2,1-7H3. The molecule has 0 N–H and O–H groups in total. The molecule has 2 fully saturated rings. The van der Waals surface area contributed by atoms with Gasteiger partial charge >= 0.3 is 0 Å².